The molecule has 1 aromatic carbocycles. The Morgan fingerprint density at radius 1 is 1.25 bits per heavy atom. The smallest absolute Gasteiger partial charge is 0.230 e. The molecule has 132 valence electrons. The van der Waals surface area contributed by atoms with E-state index in [1.807, 2.05) is 0 Å². The molecule has 1 fully saturated rings. The van der Waals surface area contributed by atoms with E-state index in [0.29, 0.717) is 5.91 Å². The number of amides is 1. The van der Waals surface area contributed by atoms with Crippen molar-refractivity contribution in [1.29, 1.82) is 0 Å². The largest absolute Gasteiger partial charge is 0.327 e. The number of fused-ring (bicyclic) bond motifs is 1. The van der Waals surface area contributed by atoms with E-state index >= 15 is 0 Å². The summed E-state index contributed by atoms with van der Waals surface area (Å²) in [5, 5.41) is 0. The number of benzene rings is 1. The number of hydrogen-bond donors (Lipinski definition) is 1. The molecule has 0 spiro atoms. The van der Waals surface area contributed by atoms with Gasteiger partial charge in [0.2, 0.25) is 5.91 Å². The first kappa shape index (κ1) is 17.5. The van der Waals surface area contributed by atoms with Crippen LogP contribution in [0.1, 0.15) is 69.4 Å². The minimum atomic E-state index is 0.247. The summed E-state index contributed by atoms with van der Waals surface area (Å²) in [5.74, 6) is 0.619. The first-order valence-electron chi connectivity index (χ1n) is 9.87. The molecule has 0 aromatic heterocycles. The number of carbonyl (C=O) groups is 1. The van der Waals surface area contributed by atoms with Crippen LogP contribution in [0.25, 0.3) is 0 Å². The zero-order valence-electron chi connectivity index (χ0n) is 15.1. The first-order chi connectivity index (χ1) is 11.7. The Morgan fingerprint density at radius 2 is 2.04 bits per heavy atom. The summed E-state index contributed by atoms with van der Waals surface area (Å²) in [6.07, 6.45) is 11.2. The lowest BCUT2D eigenvalue weighted by molar-refractivity contribution is -0.123. The van der Waals surface area contributed by atoms with Crippen molar-refractivity contribution in [2.24, 2.45) is 11.7 Å². The third kappa shape index (κ3) is 4.00. The monoisotopic (exact) mass is 328 g/mol. The van der Waals surface area contributed by atoms with Crippen LogP contribution in [-0.4, -0.2) is 18.5 Å². The van der Waals surface area contributed by atoms with Gasteiger partial charge in [-0.25, -0.2) is 0 Å². The molecular weight excluding hydrogens is 296 g/mol. The van der Waals surface area contributed by atoms with Gasteiger partial charge in [-0.05, 0) is 55.7 Å². The fourth-order valence-electron chi connectivity index (χ4n) is 4.35. The van der Waals surface area contributed by atoms with E-state index in [-0.39, 0.29) is 12.0 Å². The quantitative estimate of drug-likeness (QED) is 0.880. The molecule has 1 aliphatic carbocycles. The molecule has 2 N–H and O–H groups in total. The van der Waals surface area contributed by atoms with Crippen LogP contribution in [0.2, 0.25) is 0 Å². The number of hydrogen-bond acceptors (Lipinski definition) is 2. The maximum atomic E-state index is 13.0. The Labute approximate surface area is 146 Å². The molecule has 0 bridgehead atoms. The van der Waals surface area contributed by atoms with E-state index in [1.165, 1.54) is 30.4 Å². The summed E-state index contributed by atoms with van der Waals surface area (Å²) in [6.45, 7) is 3.07. The van der Waals surface area contributed by atoms with Gasteiger partial charge in [0.15, 0.2) is 0 Å². The van der Waals surface area contributed by atoms with E-state index in [4.69, 9.17) is 5.73 Å². The highest BCUT2D eigenvalue weighted by molar-refractivity contribution is 5.96. The van der Waals surface area contributed by atoms with Gasteiger partial charge in [-0.3, -0.25) is 4.79 Å². The molecule has 1 unspecified atom stereocenters. The summed E-state index contributed by atoms with van der Waals surface area (Å²) in [4.78, 5) is 15.0. The Balaban J connectivity index is 1.74. The molecule has 1 aromatic rings. The van der Waals surface area contributed by atoms with Crippen LogP contribution >= 0.6 is 0 Å². The highest BCUT2D eigenvalue weighted by atomic mass is 16.2. The maximum Gasteiger partial charge on any atom is 0.230 e. The van der Waals surface area contributed by atoms with Gasteiger partial charge in [0.1, 0.15) is 0 Å². The molecule has 3 heteroatoms. The summed E-state index contributed by atoms with van der Waals surface area (Å²) in [6, 6.07) is 6.89. The van der Waals surface area contributed by atoms with Crippen molar-refractivity contribution in [2.75, 3.05) is 11.4 Å². The molecule has 0 saturated heterocycles. The molecule has 24 heavy (non-hydrogen) atoms. The van der Waals surface area contributed by atoms with E-state index in [1.54, 1.807) is 0 Å². The van der Waals surface area contributed by atoms with E-state index in [9.17, 15) is 4.79 Å². The average molecular weight is 329 g/mol. The summed E-state index contributed by atoms with van der Waals surface area (Å²) < 4.78 is 0. The molecule has 1 saturated carbocycles. The fourth-order valence-corrected chi connectivity index (χ4v) is 4.35. The highest BCUT2D eigenvalue weighted by Crippen LogP contribution is 2.33. The van der Waals surface area contributed by atoms with Crippen molar-refractivity contribution in [3.8, 4) is 0 Å². The topological polar surface area (TPSA) is 46.3 Å². The van der Waals surface area contributed by atoms with Crippen molar-refractivity contribution in [3.63, 3.8) is 0 Å². The number of nitrogens with zero attached hydrogens (tertiary/aromatic N) is 1. The predicted molar refractivity (Wildman–Crippen MR) is 100 cm³/mol. The van der Waals surface area contributed by atoms with Gasteiger partial charge < -0.3 is 10.6 Å². The highest BCUT2D eigenvalue weighted by Gasteiger charge is 2.29. The van der Waals surface area contributed by atoms with E-state index in [0.717, 1.165) is 57.2 Å². The summed E-state index contributed by atoms with van der Waals surface area (Å²) in [7, 11) is 0. The van der Waals surface area contributed by atoms with Gasteiger partial charge in [-0.2, -0.15) is 0 Å². The number of nitrogens with two attached hydrogens (primary N) is 1. The molecule has 3 nitrogen and oxygen atoms in total. The molecule has 2 aliphatic rings. The minimum absolute atomic E-state index is 0.247. The van der Waals surface area contributed by atoms with Crippen molar-refractivity contribution < 1.29 is 4.79 Å². The Kier molecular flexibility index (Phi) is 5.94. The molecular formula is C21H32N2O. The number of aryl methyl sites for hydroxylation is 1. The Hall–Kier alpha value is -1.35. The second kappa shape index (κ2) is 8.15. The van der Waals surface area contributed by atoms with E-state index in [2.05, 4.69) is 30.0 Å². The van der Waals surface area contributed by atoms with Crippen molar-refractivity contribution >= 4 is 11.6 Å². The van der Waals surface area contributed by atoms with Crippen molar-refractivity contribution in [1.82, 2.24) is 0 Å². The third-order valence-electron chi connectivity index (χ3n) is 5.64. The van der Waals surface area contributed by atoms with E-state index < -0.39 is 0 Å². The number of anilines is 1. The standard InChI is InChI=1S/C21H32N2O/c1-2-7-19(22)15-16-11-12-20-18(14-16)10-6-13-23(20)21(24)17-8-4-3-5-9-17/h11-12,14,17,19H,2-10,13,15,22H2,1H3. The Morgan fingerprint density at radius 3 is 2.79 bits per heavy atom. The second-order valence-electron chi connectivity index (χ2n) is 7.64. The number of carbonyl (C=O) groups excluding carboxylic acids is 1. The molecule has 1 atom stereocenters. The summed E-state index contributed by atoms with van der Waals surface area (Å²) >= 11 is 0. The molecule has 3 rings (SSSR count). The van der Waals surface area contributed by atoms with Gasteiger partial charge in [0, 0.05) is 24.2 Å². The van der Waals surface area contributed by atoms with Crippen LogP contribution in [0, 0.1) is 5.92 Å². The lowest BCUT2D eigenvalue weighted by Crippen LogP contribution is -2.40. The lowest BCUT2D eigenvalue weighted by Gasteiger charge is -2.34. The van der Waals surface area contributed by atoms with Crippen LogP contribution < -0.4 is 10.6 Å². The van der Waals surface area contributed by atoms with Crippen LogP contribution in [0.3, 0.4) is 0 Å². The van der Waals surface area contributed by atoms with Crippen LogP contribution in [0.15, 0.2) is 18.2 Å². The van der Waals surface area contributed by atoms with Crippen LogP contribution in [0.5, 0.6) is 0 Å². The van der Waals surface area contributed by atoms with Gasteiger partial charge in [-0.15, -0.1) is 0 Å². The third-order valence-corrected chi connectivity index (χ3v) is 5.64. The molecule has 1 aliphatic heterocycles. The fraction of sp³-hybridized carbons (Fsp3) is 0.667. The zero-order chi connectivity index (χ0) is 16.9. The molecule has 0 radical (unpaired) electrons. The van der Waals surface area contributed by atoms with Crippen molar-refractivity contribution in [3.05, 3.63) is 29.3 Å². The van der Waals surface area contributed by atoms with Crippen LogP contribution in [0.4, 0.5) is 5.69 Å². The van der Waals surface area contributed by atoms with Crippen LogP contribution in [-0.2, 0) is 17.6 Å². The lowest BCUT2D eigenvalue weighted by atomic mass is 9.87. The average Bonchev–Trinajstić information content (AvgIpc) is 2.61. The Bertz CT molecular complexity index is 563. The van der Waals surface area contributed by atoms with Gasteiger partial charge in [0.05, 0.1) is 0 Å². The van der Waals surface area contributed by atoms with Gasteiger partial charge in [0.25, 0.3) is 0 Å². The SMILES string of the molecule is CCCC(N)Cc1ccc2c(c1)CCCN2C(=O)C1CCCCC1. The molecule has 1 heterocycles. The first-order valence-corrected chi connectivity index (χ1v) is 9.87. The normalized spacial score (nSPS) is 19.8. The van der Waals surface area contributed by atoms with Gasteiger partial charge >= 0.3 is 0 Å². The second-order valence-corrected chi connectivity index (χ2v) is 7.64. The van der Waals surface area contributed by atoms with Gasteiger partial charge in [-0.1, -0.05) is 44.7 Å². The van der Waals surface area contributed by atoms with Crippen molar-refractivity contribution in [2.45, 2.75) is 77.2 Å². The zero-order valence-corrected chi connectivity index (χ0v) is 15.1. The molecule has 1 amide bonds. The number of rotatable bonds is 5. The maximum absolute atomic E-state index is 13.0. The predicted octanol–water partition coefficient (Wildman–Crippen LogP) is 4.22. The minimum Gasteiger partial charge on any atom is -0.327 e. The summed E-state index contributed by atoms with van der Waals surface area (Å²) in [5.41, 5.74) is 10.0.